The lowest BCUT2D eigenvalue weighted by Gasteiger charge is -2.03. The van der Waals surface area contributed by atoms with Crippen molar-refractivity contribution in [3.05, 3.63) is 58.5 Å². The van der Waals surface area contributed by atoms with E-state index in [9.17, 15) is 9.90 Å². The molecule has 1 aromatic carbocycles. The van der Waals surface area contributed by atoms with E-state index in [4.69, 9.17) is 16.7 Å². The Kier molecular flexibility index (Phi) is 3.31. The summed E-state index contributed by atoms with van der Waals surface area (Å²) in [6.45, 7) is 0. The lowest BCUT2D eigenvalue weighted by Crippen LogP contribution is -2.04. The van der Waals surface area contributed by atoms with Crippen LogP contribution in [0.5, 0.6) is 0 Å². The Balaban J connectivity index is 1.83. The maximum absolute atomic E-state index is 11.4. The highest BCUT2D eigenvalue weighted by molar-refractivity contribution is 6.31. The number of aromatic nitrogens is 3. The highest BCUT2D eigenvalue weighted by atomic mass is 35.5. The van der Waals surface area contributed by atoms with Crippen LogP contribution in [-0.4, -0.2) is 25.8 Å². The van der Waals surface area contributed by atoms with Crippen molar-refractivity contribution in [2.45, 2.75) is 25.3 Å². The van der Waals surface area contributed by atoms with Gasteiger partial charge in [-0.05, 0) is 42.7 Å². The molecule has 2 aromatic heterocycles. The standard InChI is InChI=1S/C17H14ClN3O2/c18-11-1-4-16-14(8-11)15(20-21(16)12-2-3-12)7-10-9-19-6-5-13(10)17(22)23/h1,4-6,8-9,12H,2-3,7H2,(H,22,23). The molecule has 0 saturated heterocycles. The molecule has 1 N–H and O–H groups in total. The van der Waals surface area contributed by atoms with Crippen molar-refractivity contribution in [3.8, 4) is 0 Å². The zero-order valence-electron chi connectivity index (χ0n) is 12.2. The molecule has 0 radical (unpaired) electrons. The number of hydrogen-bond acceptors (Lipinski definition) is 3. The predicted molar refractivity (Wildman–Crippen MR) is 87.0 cm³/mol. The smallest absolute Gasteiger partial charge is 0.336 e. The first-order valence-corrected chi connectivity index (χ1v) is 7.84. The van der Waals surface area contributed by atoms with Gasteiger partial charge in [0, 0.05) is 29.2 Å². The number of benzene rings is 1. The van der Waals surface area contributed by atoms with Gasteiger partial charge in [-0.15, -0.1) is 0 Å². The zero-order chi connectivity index (χ0) is 16.0. The average Bonchev–Trinajstić information content (AvgIpc) is 3.32. The Morgan fingerprint density at radius 2 is 2.17 bits per heavy atom. The highest BCUT2D eigenvalue weighted by Crippen LogP contribution is 2.38. The quantitative estimate of drug-likeness (QED) is 0.793. The first-order valence-electron chi connectivity index (χ1n) is 7.46. The molecule has 23 heavy (non-hydrogen) atoms. The minimum absolute atomic E-state index is 0.260. The Morgan fingerprint density at radius 3 is 2.91 bits per heavy atom. The van der Waals surface area contributed by atoms with E-state index in [2.05, 4.69) is 4.98 Å². The molecule has 2 heterocycles. The molecule has 3 aromatic rings. The summed E-state index contributed by atoms with van der Waals surface area (Å²) in [5.74, 6) is -0.952. The molecule has 0 unspecified atom stereocenters. The first-order chi connectivity index (χ1) is 11.1. The summed E-state index contributed by atoms with van der Waals surface area (Å²) in [5.41, 5.74) is 2.80. The van der Waals surface area contributed by atoms with Crippen molar-refractivity contribution >= 4 is 28.5 Å². The molecule has 1 fully saturated rings. The largest absolute Gasteiger partial charge is 0.478 e. The maximum atomic E-state index is 11.4. The molecule has 1 aliphatic rings. The fourth-order valence-corrected chi connectivity index (χ4v) is 3.03. The average molecular weight is 328 g/mol. The molecule has 0 bridgehead atoms. The van der Waals surface area contributed by atoms with Crippen molar-refractivity contribution in [1.82, 2.24) is 14.8 Å². The highest BCUT2D eigenvalue weighted by Gasteiger charge is 2.27. The second-order valence-electron chi connectivity index (χ2n) is 5.80. The third kappa shape index (κ3) is 2.57. The van der Waals surface area contributed by atoms with Gasteiger partial charge in [-0.3, -0.25) is 9.67 Å². The number of aromatic carboxylic acids is 1. The number of halogens is 1. The summed E-state index contributed by atoms with van der Waals surface area (Å²) in [5, 5.41) is 15.7. The molecule has 116 valence electrons. The molecule has 1 aliphatic carbocycles. The normalized spacial score (nSPS) is 14.3. The molecule has 6 heteroatoms. The van der Waals surface area contributed by atoms with Gasteiger partial charge < -0.3 is 5.11 Å². The van der Waals surface area contributed by atoms with E-state index in [0.717, 1.165) is 29.4 Å². The second kappa shape index (κ2) is 5.35. The van der Waals surface area contributed by atoms with Crippen LogP contribution in [-0.2, 0) is 6.42 Å². The number of rotatable bonds is 4. The van der Waals surface area contributed by atoms with Crippen LogP contribution in [0.1, 0.15) is 40.5 Å². The number of fused-ring (bicyclic) bond motifs is 1. The minimum atomic E-state index is -0.952. The van der Waals surface area contributed by atoms with Crippen molar-refractivity contribution in [2.75, 3.05) is 0 Å². The van der Waals surface area contributed by atoms with Crippen molar-refractivity contribution in [3.63, 3.8) is 0 Å². The Labute approximate surface area is 137 Å². The molecule has 4 rings (SSSR count). The Morgan fingerprint density at radius 1 is 1.35 bits per heavy atom. The van der Waals surface area contributed by atoms with E-state index in [1.807, 2.05) is 22.9 Å². The van der Waals surface area contributed by atoms with Gasteiger partial charge in [0.15, 0.2) is 0 Å². The van der Waals surface area contributed by atoms with Crippen LogP contribution in [0.15, 0.2) is 36.7 Å². The zero-order valence-corrected chi connectivity index (χ0v) is 13.0. The summed E-state index contributed by atoms with van der Waals surface area (Å²) in [7, 11) is 0. The van der Waals surface area contributed by atoms with E-state index < -0.39 is 5.97 Å². The fraction of sp³-hybridized carbons (Fsp3) is 0.235. The van der Waals surface area contributed by atoms with Gasteiger partial charge in [-0.25, -0.2) is 4.79 Å². The number of pyridine rings is 1. The van der Waals surface area contributed by atoms with Gasteiger partial charge in [-0.2, -0.15) is 5.10 Å². The molecule has 0 aliphatic heterocycles. The summed E-state index contributed by atoms with van der Waals surface area (Å²) < 4.78 is 2.04. The van der Waals surface area contributed by atoms with Crippen LogP contribution in [0.4, 0.5) is 0 Å². The number of hydrogen-bond donors (Lipinski definition) is 1. The summed E-state index contributed by atoms with van der Waals surface area (Å²) in [4.78, 5) is 15.4. The van der Waals surface area contributed by atoms with Crippen LogP contribution in [0.2, 0.25) is 5.02 Å². The van der Waals surface area contributed by atoms with E-state index in [-0.39, 0.29) is 5.56 Å². The molecule has 1 saturated carbocycles. The van der Waals surface area contributed by atoms with Crippen molar-refractivity contribution in [1.29, 1.82) is 0 Å². The predicted octanol–water partition coefficient (Wildman–Crippen LogP) is 3.71. The molecule has 0 amide bonds. The molecule has 5 nitrogen and oxygen atoms in total. The van der Waals surface area contributed by atoms with E-state index in [1.54, 1.807) is 6.20 Å². The summed E-state index contributed by atoms with van der Waals surface area (Å²) in [6, 6.07) is 7.70. The SMILES string of the molecule is O=C(O)c1ccncc1Cc1nn(C2CC2)c2ccc(Cl)cc12. The van der Waals surface area contributed by atoms with E-state index >= 15 is 0 Å². The maximum Gasteiger partial charge on any atom is 0.336 e. The Hall–Kier alpha value is -2.40. The van der Waals surface area contributed by atoms with Crippen molar-refractivity contribution in [2.24, 2.45) is 0 Å². The molecular weight excluding hydrogens is 314 g/mol. The minimum Gasteiger partial charge on any atom is -0.478 e. The van der Waals surface area contributed by atoms with Gasteiger partial charge in [0.2, 0.25) is 0 Å². The van der Waals surface area contributed by atoms with Crippen LogP contribution in [0, 0.1) is 0 Å². The lowest BCUT2D eigenvalue weighted by atomic mass is 10.0. The number of carboxylic acids is 1. The van der Waals surface area contributed by atoms with Gasteiger partial charge in [0.25, 0.3) is 0 Å². The topological polar surface area (TPSA) is 68.0 Å². The third-order valence-electron chi connectivity index (χ3n) is 4.13. The lowest BCUT2D eigenvalue weighted by molar-refractivity contribution is 0.0695. The van der Waals surface area contributed by atoms with Crippen LogP contribution >= 0.6 is 11.6 Å². The monoisotopic (exact) mass is 327 g/mol. The molecule has 0 atom stereocenters. The van der Waals surface area contributed by atoms with Gasteiger partial charge >= 0.3 is 5.97 Å². The van der Waals surface area contributed by atoms with Crippen LogP contribution < -0.4 is 0 Å². The summed E-state index contributed by atoms with van der Waals surface area (Å²) in [6.07, 6.45) is 5.77. The van der Waals surface area contributed by atoms with Crippen LogP contribution in [0.25, 0.3) is 10.9 Å². The van der Waals surface area contributed by atoms with Crippen molar-refractivity contribution < 1.29 is 9.90 Å². The van der Waals surface area contributed by atoms with E-state index in [1.165, 1.54) is 12.3 Å². The fourth-order valence-electron chi connectivity index (χ4n) is 2.86. The Bertz CT molecular complexity index is 915. The number of carbonyl (C=O) groups is 1. The first kappa shape index (κ1) is 14.2. The molecular formula is C17H14ClN3O2. The van der Waals surface area contributed by atoms with Gasteiger partial charge in [0.05, 0.1) is 22.8 Å². The van der Waals surface area contributed by atoms with Gasteiger partial charge in [0.1, 0.15) is 0 Å². The van der Waals surface area contributed by atoms with Crippen LogP contribution in [0.3, 0.4) is 0 Å². The summed E-state index contributed by atoms with van der Waals surface area (Å²) >= 11 is 6.14. The van der Waals surface area contributed by atoms with E-state index in [0.29, 0.717) is 23.0 Å². The molecule has 0 spiro atoms. The number of carboxylic acid groups (broad SMARTS) is 1. The third-order valence-corrected chi connectivity index (χ3v) is 4.36. The van der Waals surface area contributed by atoms with Gasteiger partial charge in [-0.1, -0.05) is 11.6 Å². The second-order valence-corrected chi connectivity index (χ2v) is 6.24. The number of nitrogens with zero attached hydrogens (tertiary/aromatic N) is 3.